The van der Waals surface area contributed by atoms with Crippen LogP contribution in [0.15, 0.2) is 18.2 Å². The van der Waals surface area contributed by atoms with E-state index in [9.17, 15) is 4.39 Å². The highest BCUT2D eigenvalue weighted by atomic mass is 19.1. The van der Waals surface area contributed by atoms with E-state index in [0.717, 1.165) is 29.7 Å². The summed E-state index contributed by atoms with van der Waals surface area (Å²) >= 11 is 0. The number of hydrogen-bond donors (Lipinski definition) is 1. The third-order valence-electron chi connectivity index (χ3n) is 5.00. The molecule has 4 atom stereocenters. The molecule has 1 aromatic carbocycles. The number of nitrogens with two attached hydrogens (primary N) is 1. The number of benzene rings is 1. The van der Waals surface area contributed by atoms with Gasteiger partial charge < -0.3 is 5.73 Å². The van der Waals surface area contributed by atoms with Gasteiger partial charge >= 0.3 is 0 Å². The molecule has 2 bridgehead atoms. The van der Waals surface area contributed by atoms with Crippen LogP contribution < -0.4 is 5.73 Å². The zero-order valence-corrected chi connectivity index (χ0v) is 11.0. The minimum atomic E-state index is -0.134. The van der Waals surface area contributed by atoms with E-state index in [4.69, 9.17) is 5.73 Å². The van der Waals surface area contributed by atoms with Gasteiger partial charge in [-0.3, -0.25) is 0 Å². The van der Waals surface area contributed by atoms with Gasteiger partial charge in [-0.2, -0.15) is 0 Å². The SMILES string of the molecule is Cc1ccc(C(N)CC2CC3CCC2C3)c(F)c1. The lowest BCUT2D eigenvalue weighted by Gasteiger charge is -2.25. The second kappa shape index (κ2) is 4.65. The molecule has 0 aliphatic heterocycles. The fourth-order valence-corrected chi connectivity index (χ4v) is 4.05. The standard InChI is InChI=1S/C16H22FN/c1-10-2-5-14(15(17)6-10)16(18)9-13-8-11-3-4-12(13)7-11/h2,5-6,11-13,16H,3-4,7-9,18H2,1H3. The lowest BCUT2D eigenvalue weighted by Crippen LogP contribution is -2.20. The Morgan fingerprint density at radius 1 is 1.33 bits per heavy atom. The first kappa shape index (κ1) is 12.2. The summed E-state index contributed by atoms with van der Waals surface area (Å²) in [5.74, 6) is 2.41. The first-order valence-corrected chi connectivity index (χ1v) is 7.15. The Balaban J connectivity index is 1.69. The number of rotatable bonds is 3. The van der Waals surface area contributed by atoms with E-state index in [1.54, 1.807) is 6.07 Å². The highest BCUT2D eigenvalue weighted by molar-refractivity contribution is 5.26. The summed E-state index contributed by atoms with van der Waals surface area (Å²) in [5.41, 5.74) is 7.88. The summed E-state index contributed by atoms with van der Waals surface area (Å²) in [6.45, 7) is 1.91. The third-order valence-corrected chi connectivity index (χ3v) is 5.00. The van der Waals surface area contributed by atoms with Crippen molar-refractivity contribution in [1.29, 1.82) is 0 Å². The number of aryl methyl sites for hydroxylation is 1. The summed E-state index contributed by atoms with van der Waals surface area (Å²) in [7, 11) is 0. The Morgan fingerprint density at radius 3 is 2.78 bits per heavy atom. The molecule has 1 nitrogen and oxygen atoms in total. The van der Waals surface area contributed by atoms with Gasteiger partial charge in [0.05, 0.1) is 0 Å². The molecule has 2 fully saturated rings. The Labute approximate surface area is 109 Å². The molecule has 1 aromatic rings. The largest absolute Gasteiger partial charge is 0.324 e. The summed E-state index contributed by atoms with van der Waals surface area (Å²) in [4.78, 5) is 0. The van der Waals surface area contributed by atoms with Crippen LogP contribution in [0.3, 0.4) is 0 Å². The second-order valence-corrected chi connectivity index (χ2v) is 6.30. The highest BCUT2D eigenvalue weighted by Gasteiger charge is 2.39. The molecule has 2 heteroatoms. The number of fused-ring (bicyclic) bond motifs is 2. The molecule has 2 aliphatic carbocycles. The van der Waals surface area contributed by atoms with E-state index in [0.29, 0.717) is 5.56 Å². The molecule has 0 spiro atoms. The molecule has 2 saturated carbocycles. The Hall–Kier alpha value is -0.890. The van der Waals surface area contributed by atoms with E-state index >= 15 is 0 Å². The third kappa shape index (κ3) is 2.18. The Bertz CT molecular complexity index is 443. The van der Waals surface area contributed by atoms with Crippen molar-refractivity contribution in [2.75, 3.05) is 0 Å². The molecule has 18 heavy (non-hydrogen) atoms. The monoisotopic (exact) mass is 247 g/mol. The molecule has 0 saturated heterocycles. The predicted molar refractivity (Wildman–Crippen MR) is 71.6 cm³/mol. The van der Waals surface area contributed by atoms with Crippen molar-refractivity contribution in [2.45, 2.75) is 45.1 Å². The van der Waals surface area contributed by atoms with Crippen LogP contribution in [-0.4, -0.2) is 0 Å². The number of hydrogen-bond acceptors (Lipinski definition) is 1. The topological polar surface area (TPSA) is 26.0 Å². The van der Waals surface area contributed by atoms with Crippen LogP contribution >= 0.6 is 0 Å². The summed E-state index contributed by atoms with van der Waals surface area (Å²) < 4.78 is 13.9. The van der Waals surface area contributed by atoms with Gasteiger partial charge in [-0.05, 0) is 62.0 Å². The maximum atomic E-state index is 13.9. The Kier molecular flexibility index (Phi) is 3.14. The molecule has 0 heterocycles. The fourth-order valence-electron chi connectivity index (χ4n) is 4.05. The van der Waals surface area contributed by atoms with Crippen LogP contribution in [0.25, 0.3) is 0 Å². The van der Waals surface area contributed by atoms with Crippen molar-refractivity contribution in [3.63, 3.8) is 0 Å². The fraction of sp³-hybridized carbons (Fsp3) is 0.625. The van der Waals surface area contributed by atoms with Crippen molar-refractivity contribution in [3.05, 3.63) is 35.1 Å². The lowest BCUT2D eigenvalue weighted by molar-refractivity contribution is 0.294. The van der Waals surface area contributed by atoms with Crippen LogP contribution in [0.5, 0.6) is 0 Å². The van der Waals surface area contributed by atoms with Crippen molar-refractivity contribution >= 4 is 0 Å². The van der Waals surface area contributed by atoms with E-state index < -0.39 is 0 Å². The minimum absolute atomic E-state index is 0.130. The zero-order valence-electron chi connectivity index (χ0n) is 11.0. The molecule has 98 valence electrons. The average Bonchev–Trinajstić information content (AvgIpc) is 2.90. The van der Waals surface area contributed by atoms with Crippen molar-refractivity contribution in [2.24, 2.45) is 23.5 Å². The van der Waals surface area contributed by atoms with Crippen molar-refractivity contribution in [3.8, 4) is 0 Å². The molecule has 4 unspecified atom stereocenters. The van der Waals surface area contributed by atoms with Crippen LogP contribution in [0.1, 0.15) is 49.3 Å². The maximum absolute atomic E-state index is 13.9. The predicted octanol–water partition coefficient (Wildman–Crippen LogP) is 3.96. The van der Waals surface area contributed by atoms with Gasteiger partial charge in [-0.1, -0.05) is 18.6 Å². The molecule has 0 radical (unpaired) electrons. The maximum Gasteiger partial charge on any atom is 0.128 e. The van der Waals surface area contributed by atoms with Gasteiger partial charge in [0, 0.05) is 11.6 Å². The second-order valence-electron chi connectivity index (χ2n) is 6.30. The van der Waals surface area contributed by atoms with Gasteiger partial charge in [0.15, 0.2) is 0 Å². The number of halogens is 1. The Morgan fingerprint density at radius 2 is 2.17 bits per heavy atom. The average molecular weight is 247 g/mol. The van der Waals surface area contributed by atoms with Gasteiger partial charge in [0.1, 0.15) is 5.82 Å². The summed E-state index contributed by atoms with van der Waals surface area (Å²) in [6, 6.07) is 5.28. The van der Waals surface area contributed by atoms with E-state index in [1.165, 1.54) is 25.7 Å². The van der Waals surface area contributed by atoms with Gasteiger partial charge in [0.25, 0.3) is 0 Å². The smallest absolute Gasteiger partial charge is 0.128 e. The molecule has 0 aromatic heterocycles. The lowest BCUT2D eigenvalue weighted by atomic mass is 9.83. The molecule has 3 rings (SSSR count). The first-order chi connectivity index (χ1) is 8.63. The zero-order chi connectivity index (χ0) is 12.7. The van der Waals surface area contributed by atoms with E-state index in [-0.39, 0.29) is 11.9 Å². The van der Waals surface area contributed by atoms with E-state index in [2.05, 4.69) is 0 Å². The molecular formula is C16H22FN. The van der Waals surface area contributed by atoms with Gasteiger partial charge in [0.2, 0.25) is 0 Å². The molecule has 0 amide bonds. The first-order valence-electron chi connectivity index (χ1n) is 7.15. The summed E-state index contributed by atoms with van der Waals surface area (Å²) in [5, 5.41) is 0. The molecule has 2 aliphatic rings. The highest BCUT2D eigenvalue weighted by Crippen LogP contribution is 2.50. The van der Waals surface area contributed by atoms with Crippen molar-refractivity contribution < 1.29 is 4.39 Å². The van der Waals surface area contributed by atoms with E-state index in [1.807, 2.05) is 19.1 Å². The van der Waals surface area contributed by atoms with Crippen LogP contribution in [0.2, 0.25) is 0 Å². The quantitative estimate of drug-likeness (QED) is 0.859. The molecule has 2 N–H and O–H groups in total. The summed E-state index contributed by atoms with van der Waals surface area (Å²) in [6.07, 6.45) is 6.47. The van der Waals surface area contributed by atoms with Gasteiger partial charge in [-0.25, -0.2) is 4.39 Å². The van der Waals surface area contributed by atoms with Crippen LogP contribution in [0, 0.1) is 30.5 Å². The van der Waals surface area contributed by atoms with Crippen LogP contribution in [0.4, 0.5) is 4.39 Å². The normalized spacial score (nSPS) is 31.8. The minimum Gasteiger partial charge on any atom is -0.324 e. The van der Waals surface area contributed by atoms with Gasteiger partial charge in [-0.15, -0.1) is 0 Å². The van der Waals surface area contributed by atoms with Crippen molar-refractivity contribution in [1.82, 2.24) is 0 Å². The van der Waals surface area contributed by atoms with Crippen LogP contribution in [-0.2, 0) is 0 Å². The molecular weight excluding hydrogens is 225 g/mol.